The zero-order chi connectivity index (χ0) is 25.1. The minimum absolute atomic E-state index is 0.297. The minimum atomic E-state index is -0.778. The minimum Gasteiger partial charge on any atom is -0.481 e. The molecule has 2 N–H and O–H groups in total. The van der Waals surface area contributed by atoms with Crippen molar-refractivity contribution in [3.8, 4) is 34.3 Å². The molecule has 3 heterocycles. The van der Waals surface area contributed by atoms with Gasteiger partial charge in [0.1, 0.15) is 0 Å². The van der Waals surface area contributed by atoms with Crippen LogP contribution in [0.5, 0.6) is 0 Å². The van der Waals surface area contributed by atoms with Gasteiger partial charge < -0.3 is 19.3 Å². The van der Waals surface area contributed by atoms with E-state index in [4.69, 9.17) is 9.05 Å². The Morgan fingerprint density at radius 2 is 1.86 bits per heavy atom. The molecule has 2 aromatic carbocycles. The van der Waals surface area contributed by atoms with Crippen molar-refractivity contribution in [2.75, 3.05) is 19.6 Å². The number of aliphatic hydroxyl groups excluding tert-OH is 1. The molecule has 0 bridgehead atoms. The monoisotopic (exact) mass is 488 g/mol. The summed E-state index contributed by atoms with van der Waals surface area (Å²) in [6.45, 7) is 3.62. The Morgan fingerprint density at radius 1 is 1.08 bits per heavy atom. The van der Waals surface area contributed by atoms with Crippen LogP contribution in [0.15, 0.2) is 63.6 Å². The van der Waals surface area contributed by atoms with Crippen molar-refractivity contribution in [3.05, 3.63) is 65.7 Å². The topological polar surface area (TPSA) is 126 Å². The molecule has 0 radical (unpaired) electrons. The van der Waals surface area contributed by atoms with Crippen molar-refractivity contribution in [1.82, 2.24) is 20.2 Å². The van der Waals surface area contributed by atoms with Gasteiger partial charge in [-0.15, -0.1) is 0 Å². The largest absolute Gasteiger partial charge is 0.481 e. The van der Waals surface area contributed by atoms with Gasteiger partial charge in [-0.3, -0.25) is 9.69 Å². The quantitative estimate of drug-likeness (QED) is 0.351. The van der Waals surface area contributed by atoms with Crippen LogP contribution in [0.1, 0.15) is 37.0 Å². The number of aromatic nitrogens is 3. The molecule has 1 aliphatic heterocycles. The maximum absolute atomic E-state index is 11.2. The van der Waals surface area contributed by atoms with E-state index in [0.29, 0.717) is 49.2 Å². The normalized spacial score (nSPS) is 16.9. The number of carboxylic acids is 1. The maximum Gasteiger partial charge on any atom is 0.307 e. The van der Waals surface area contributed by atoms with Crippen molar-refractivity contribution < 1.29 is 24.1 Å². The second kappa shape index (κ2) is 10.4. The van der Waals surface area contributed by atoms with Gasteiger partial charge in [0, 0.05) is 29.8 Å². The number of likely N-dealkylation sites (tertiary alicyclic amines) is 1. The first-order valence-corrected chi connectivity index (χ1v) is 12.1. The number of aliphatic hydroxyl groups is 1. The van der Waals surface area contributed by atoms with E-state index in [-0.39, 0.29) is 5.92 Å². The zero-order valence-electron chi connectivity index (χ0n) is 20.0. The third-order valence-electron chi connectivity index (χ3n) is 6.56. The zero-order valence-corrected chi connectivity index (χ0v) is 20.0. The Hall–Kier alpha value is -3.82. The van der Waals surface area contributed by atoms with Crippen LogP contribution in [0, 0.1) is 5.92 Å². The average molecular weight is 489 g/mol. The smallest absolute Gasteiger partial charge is 0.307 e. The number of rotatable bonds is 9. The number of benzene rings is 2. The summed E-state index contributed by atoms with van der Waals surface area (Å²) >= 11 is 0. The Kier molecular flexibility index (Phi) is 6.92. The summed E-state index contributed by atoms with van der Waals surface area (Å²) in [5, 5.41) is 28.2. The van der Waals surface area contributed by atoms with Crippen LogP contribution in [0.25, 0.3) is 34.3 Å². The Labute approximate surface area is 208 Å². The van der Waals surface area contributed by atoms with E-state index in [1.54, 1.807) is 0 Å². The van der Waals surface area contributed by atoms with Gasteiger partial charge >= 0.3 is 5.97 Å². The van der Waals surface area contributed by atoms with Gasteiger partial charge in [0.05, 0.1) is 12.0 Å². The first-order chi connectivity index (χ1) is 17.5. The summed E-state index contributed by atoms with van der Waals surface area (Å²) in [5.74, 6) is 0.281. The van der Waals surface area contributed by atoms with E-state index in [2.05, 4.69) is 22.2 Å². The van der Waals surface area contributed by atoms with Gasteiger partial charge in [-0.05, 0) is 24.9 Å². The second-order valence-electron chi connectivity index (χ2n) is 9.10. The number of aliphatic carboxylic acids is 1. The summed E-state index contributed by atoms with van der Waals surface area (Å²) in [5.41, 5.74) is 3.92. The highest BCUT2D eigenvalue weighted by Gasteiger charge is 2.29. The van der Waals surface area contributed by atoms with E-state index < -0.39 is 12.1 Å². The standard InChI is InChI=1S/C27H28N4O5/c1-2-6-21-23(29-35-24(21)18-7-4-3-5-8-18)26-28-25(30-36-26)19-11-9-17(10-12-19)22(32)16-31-14-13-20(15-31)27(33)34/h3-5,7-12,20,22,32H,2,6,13-16H2,1H3,(H,33,34). The van der Waals surface area contributed by atoms with Crippen LogP contribution in [0.3, 0.4) is 0 Å². The predicted molar refractivity (Wildman–Crippen MR) is 132 cm³/mol. The van der Waals surface area contributed by atoms with E-state index in [1.165, 1.54) is 0 Å². The lowest BCUT2D eigenvalue weighted by atomic mass is 10.0. The van der Waals surface area contributed by atoms with Gasteiger partial charge in [-0.25, -0.2) is 0 Å². The summed E-state index contributed by atoms with van der Waals surface area (Å²) in [4.78, 5) is 17.7. The number of hydrogen-bond donors (Lipinski definition) is 2. The first-order valence-electron chi connectivity index (χ1n) is 12.1. The van der Waals surface area contributed by atoms with E-state index in [9.17, 15) is 15.0 Å². The first kappa shape index (κ1) is 23.9. The number of β-amino-alcohol motifs (C(OH)–C–C–N with tert-alkyl or cyclic N) is 1. The van der Waals surface area contributed by atoms with Gasteiger partial charge in [0.25, 0.3) is 5.89 Å². The third-order valence-corrected chi connectivity index (χ3v) is 6.56. The average Bonchev–Trinajstić information content (AvgIpc) is 3.65. The molecular weight excluding hydrogens is 460 g/mol. The van der Waals surface area contributed by atoms with Crippen molar-refractivity contribution in [3.63, 3.8) is 0 Å². The van der Waals surface area contributed by atoms with Crippen molar-refractivity contribution >= 4 is 5.97 Å². The Balaban J connectivity index is 1.31. The molecule has 36 heavy (non-hydrogen) atoms. The number of carbonyl (C=O) groups is 1. The molecule has 186 valence electrons. The molecule has 0 saturated carbocycles. The fourth-order valence-corrected chi connectivity index (χ4v) is 4.62. The molecule has 2 unspecified atom stereocenters. The van der Waals surface area contributed by atoms with E-state index in [0.717, 1.165) is 35.1 Å². The van der Waals surface area contributed by atoms with Crippen LogP contribution in [-0.2, 0) is 11.2 Å². The molecule has 4 aromatic rings. The van der Waals surface area contributed by atoms with Crippen LogP contribution >= 0.6 is 0 Å². The number of carboxylic acid groups (broad SMARTS) is 1. The molecule has 1 aliphatic rings. The van der Waals surface area contributed by atoms with Crippen LogP contribution in [0.2, 0.25) is 0 Å². The maximum atomic E-state index is 11.2. The van der Waals surface area contributed by atoms with Crippen LogP contribution in [-0.4, -0.2) is 56.0 Å². The molecular formula is C27H28N4O5. The summed E-state index contributed by atoms with van der Waals surface area (Å²) in [6, 6.07) is 17.1. The molecule has 0 aliphatic carbocycles. The molecule has 0 spiro atoms. The fraction of sp³-hybridized carbons (Fsp3) is 0.333. The summed E-state index contributed by atoms with van der Waals surface area (Å²) in [7, 11) is 0. The second-order valence-corrected chi connectivity index (χ2v) is 9.10. The number of hydrogen-bond acceptors (Lipinski definition) is 8. The van der Waals surface area contributed by atoms with Gasteiger partial charge in [-0.1, -0.05) is 78.3 Å². The van der Waals surface area contributed by atoms with Gasteiger partial charge in [-0.2, -0.15) is 4.98 Å². The highest BCUT2D eigenvalue weighted by atomic mass is 16.5. The molecule has 9 nitrogen and oxygen atoms in total. The van der Waals surface area contributed by atoms with Crippen molar-refractivity contribution in [2.24, 2.45) is 5.92 Å². The predicted octanol–water partition coefficient (Wildman–Crippen LogP) is 4.45. The third kappa shape index (κ3) is 4.93. The fourth-order valence-electron chi connectivity index (χ4n) is 4.62. The Bertz CT molecular complexity index is 1320. The number of nitrogens with zero attached hydrogens (tertiary/aromatic N) is 4. The molecule has 2 aromatic heterocycles. The van der Waals surface area contributed by atoms with Crippen molar-refractivity contribution in [2.45, 2.75) is 32.3 Å². The van der Waals surface area contributed by atoms with Crippen LogP contribution < -0.4 is 0 Å². The molecule has 1 saturated heterocycles. The lowest BCUT2D eigenvalue weighted by Crippen LogP contribution is -2.27. The van der Waals surface area contributed by atoms with Gasteiger partial charge in [0.2, 0.25) is 5.82 Å². The lowest BCUT2D eigenvalue weighted by Gasteiger charge is -2.20. The SMILES string of the molecule is CCCc1c(-c2nc(-c3ccc(C(O)CN4CCC(C(=O)O)C4)cc3)no2)noc1-c1ccccc1. The van der Waals surface area contributed by atoms with E-state index >= 15 is 0 Å². The summed E-state index contributed by atoms with van der Waals surface area (Å²) < 4.78 is 11.2. The molecule has 5 rings (SSSR count). The Morgan fingerprint density at radius 3 is 2.56 bits per heavy atom. The highest BCUT2D eigenvalue weighted by Crippen LogP contribution is 2.33. The molecule has 0 amide bonds. The molecule has 2 atom stereocenters. The van der Waals surface area contributed by atoms with E-state index in [1.807, 2.05) is 59.5 Å². The van der Waals surface area contributed by atoms with Gasteiger partial charge in [0.15, 0.2) is 11.5 Å². The van der Waals surface area contributed by atoms with Crippen molar-refractivity contribution in [1.29, 1.82) is 0 Å². The van der Waals surface area contributed by atoms with Crippen LogP contribution in [0.4, 0.5) is 0 Å². The summed E-state index contributed by atoms with van der Waals surface area (Å²) in [6.07, 6.45) is 1.57. The highest BCUT2D eigenvalue weighted by molar-refractivity contribution is 5.71. The molecule has 1 fully saturated rings. The molecule has 9 heteroatoms. The lowest BCUT2D eigenvalue weighted by molar-refractivity contribution is -0.141.